The van der Waals surface area contributed by atoms with Crippen molar-refractivity contribution in [3.63, 3.8) is 0 Å². The average Bonchev–Trinajstić information content (AvgIpc) is 2.36. The van der Waals surface area contributed by atoms with Crippen molar-refractivity contribution in [2.45, 2.75) is 0 Å². The number of nitriles is 1. The number of methoxy groups -OCH3 is 1. The Balaban J connectivity index is 2.75. The van der Waals surface area contributed by atoms with Gasteiger partial charge in [-0.25, -0.2) is 0 Å². The molecule has 2 heteroatoms. The second-order valence-corrected chi connectivity index (χ2v) is 3.22. The molecule has 0 radical (unpaired) electrons. The first kappa shape index (κ1) is 10.1. The van der Waals surface area contributed by atoms with Crippen molar-refractivity contribution in [1.82, 2.24) is 0 Å². The van der Waals surface area contributed by atoms with Gasteiger partial charge in [-0.2, -0.15) is 5.26 Å². The van der Waals surface area contributed by atoms with Crippen LogP contribution in [-0.4, -0.2) is 7.11 Å². The van der Waals surface area contributed by atoms with Gasteiger partial charge in [0.1, 0.15) is 5.75 Å². The molecule has 2 nitrogen and oxygen atoms in total. The molecule has 2 rings (SSSR count). The van der Waals surface area contributed by atoms with Gasteiger partial charge in [-0.05, 0) is 12.1 Å². The number of hydrogen-bond acceptors (Lipinski definition) is 2. The van der Waals surface area contributed by atoms with Gasteiger partial charge in [0.15, 0.2) is 6.07 Å². The highest BCUT2D eigenvalue weighted by atomic mass is 16.5. The Kier molecular flexibility index (Phi) is 2.76. The van der Waals surface area contributed by atoms with Gasteiger partial charge in [0.25, 0.3) is 0 Å². The van der Waals surface area contributed by atoms with E-state index in [0.29, 0.717) is 0 Å². The number of ether oxygens (including phenoxy) is 1. The van der Waals surface area contributed by atoms with Crippen molar-refractivity contribution < 1.29 is 4.74 Å². The maximum Gasteiger partial charge on any atom is 0.152 e. The summed E-state index contributed by atoms with van der Waals surface area (Å²) in [5.74, 6) is 6.05. The van der Waals surface area contributed by atoms with Crippen LogP contribution in [0.25, 0.3) is 10.8 Å². The molecule has 0 fully saturated rings. The number of fused-ring (bicyclic) bond motifs is 1. The number of rotatable bonds is 1. The lowest BCUT2D eigenvalue weighted by molar-refractivity contribution is 0.420. The number of benzene rings is 2. The molecule has 0 amide bonds. The fraction of sp³-hybridized carbons (Fsp3) is 0.0714. The third-order valence-corrected chi connectivity index (χ3v) is 2.36. The summed E-state index contributed by atoms with van der Waals surface area (Å²) in [6.45, 7) is 0. The minimum absolute atomic E-state index is 0.818. The molecule has 0 N–H and O–H groups in total. The fourth-order valence-electron chi connectivity index (χ4n) is 1.65. The van der Waals surface area contributed by atoms with Crippen LogP contribution in [0.3, 0.4) is 0 Å². The van der Waals surface area contributed by atoms with Crippen LogP contribution in [0.4, 0.5) is 0 Å². The highest BCUT2D eigenvalue weighted by Gasteiger charge is 2.03. The van der Waals surface area contributed by atoms with Crippen LogP contribution in [-0.2, 0) is 0 Å². The molecule has 76 valence electrons. The summed E-state index contributed by atoms with van der Waals surface area (Å²) in [4.78, 5) is 0. The summed E-state index contributed by atoms with van der Waals surface area (Å²) in [5, 5.41) is 10.5. The summed E-state index contributed by atoms with van der Waals surface area (Å²) in [5.41, 5.74) is 0.845. The van der Waals surface area contributed by atoms with Gasteiger partial charge in [-0.3, -0.25) is 0 Å². The zero-order valence-electron chi connectivity index (χ0n) is 8.82. The van der Waals surface area contributed by atoms with E-state index in [-0.39, 0.29) is 0 Å². The SMILES string of the molecule is COc1ccc(C#CC#N)c2ccccc12. The van der Waals surface area contributed by atoms with Crippen LogP contribution in [0.2, 0.25) is 0 Å². The molecule has 0 aliphatic heterocycles. The third kappa shape index (κ3) is 1.69. The van der Waals surface area contributed by atoms with Gasteiger partial charge >= 0.3 is 0 Å². The van der Waals surface area contributed by atoms with Crippen molar-refractivity contribution in [3.8, 4) is 23.7 Å². The molecule has 0 unspecified atom stereocenters. The van der Waals surface area contributed by atoms with Crippen molar-refractivity contribution in [1.29, 1.82) is 5.26 Å². The molecule has 2 aromatic rings. The highest BCUT2D eigenvalue weighted by molar-refractivity contribution is 5.93. The van der Waals surface area contributed by atoms with Crippen LogP contribution in [0.15, 0.2) is 36.4 Å². The van der Waals surface area contributed by atoms with Crippen LogP contribution >= 0.6 is 0 Å². The lowest BCUT2D eigenvalue weighted by atomic mass is 10.0. The van der Waals surface area contributed by atoms with Crippen LogP contribution in [0, 0.1) is 23.2 Å². The summed E-state index contributed by atoms with van der Waals surface area (Å²) < 4.78 is 5.27. The molecule has 2 aromatic carbocycles. The second-order valence-electron chi connectivity index (χ2n) is 3.22. The number of hydrogen-bond donors (Lipinski definition) is 0. The molecule has 0 saturated carbocycles. The molecule has 0 aromatic heterocycles. The summed E-state index contributed by atoms with van der Waals surface area (Å²) >= 11 is 0. The predicted octanol–water partition coefficient (Wildman–Crippen LogP) is 2.72. The van der Waals surface area contributed by atoms with Gasteiger partial charge in [0.05, 0.1) is 7.11 Å². The fourth-order valence-corrected chi connectivity index (χ4v) is 1.65. The van der Waals surface area contributed by atoms with E-state index in [4.69, 9.17) is 10.00 Å². The van der Waals surface area contributed by atoms with Crippen molar-refractivity contribution in [2.24, 2.45) is 0 Å². The van der Waals surface area contributed by atoms with Crippen LogP contribution < -0.4 is 4.74 Å². The summed E-state index contributed by atoms with van der Waals surface area (Å²) in [6, 6.07) is 13.4. The van der Waals surface area contributed by atoms with Crippen LogP contribution in [0.1, 0.15) is 5.56 Å². The van der Waals surface area contributed by atoms with E-state index in [1.165, 1.54) is 0 Å². The second kappa shape index (κ2) is 4.38. The van der Waals surface area contributed by atoms with E-state index in [9.17, 15) is 0 Å². The standard InChI is InChI=1S/C14H9NO/c1-16-14-9-8-11(5-4-10-15)12-6-2-3-7-13(12)14/h2-3,6-9H,1H3. The maximum atomic E-state index is 8.45. The molecule has 0 aliphatic rings. The predicted molar refractivity (Wildman–Crippen MR) is 63.0 cm³/mol. The largest absolute Gasteiger partial charge is 0.496 e. The Morgan fingerprint density at radius 3 is 2.50 bits per heavy atom. The van der Waals surface area contributed by atoms with E-state index in [0.717, 1.165) is 22.1 Å². The molecule has 0 heterocycles. The first-order valence-corrected chi connectivity index (χ1v) is 4.82. The molecule has 16 heavy (non-hydrogen) atoms. The maximum absolute atomic E-state index is 8.45. The Morgan fingerprint density at radius 2 is 1.81 bits per heavy atom. The highest BCUT2D eigenvalue weighted by Crippen LogP contribution is 2.27. The van der Waals surface area contributed by atoms with Crippen LogP contribution in [0.5, 0.6) is 5.75 Å². The molecule has 0 spiro atoms. The molecular formula is C14H9NO. The molecule has 0 saturated heterocycles. The minimum Gasteiger partial charge on any atom is -0.496 e. The summed E-state index contributed by atoms with van der Waals surface area (Å²) in [6.07, 6.45) is 0. The van der Waals surface area contributed by atoms with E-state index < -0.39 is 0 Å². The average molecular weight is 207 g/mol. The van der Waals surface area contributed by atoms with Gasteiger partial charge in [0, 0.05) is 22.3 Å². The molecular weight excluding hydrogens is 198 g/mol. The normalized spacial score (nSPS) is 9.00. The van der Waals surface area contributed by atoms with Crippen molar-refractivity contribution in [2.75, 3.05) is 7.11 Å². The molecule has 0 atom stereocenters. The quantitative estimate of drug-likeness (QED) is 0.673. The number of nitrogens with zero attached hydrogens (tertiary/aromatic N) is 1. The molecule has 0 aliphatic carbocycles. The van der Waals surface area contributed by atoms with Gasteiger partial charge in [-0.1, -0.05) is 30.2 Å². The minimum atomic E-state index is 0.818. The van der Waals surface area contributed by atoms with Gasteiger partial charge in [-0.15, -0.1) is 0 Å². The van der Waals surface area contributed by atoms with E-state index in [2.05, 4.69) is 11.8 Å². The zero-order chi connectivity index (χ0) is 11.4. The van der Waals surface area contributed by atoms with E-state index >= 15 is 0 Å². The lowest BCUT2D eigenvalue weighted by Crippen LogP contribution is -1.87. The Morgan fingerprint density at radius 1 is 1.06 bits per heavy atom. The lowest BCUT2D eigenvalue weighted by Gasteiger charge is -2.06. The smallest absolute Gasteiger partial charge is 0.152 e. The first-order valence-electron chi connectivity index (χ1n) is 4.82. The van der Waals surface area contributed by atoms with Crippen molar-refractivity contribution in [3.05, 3.63) is 42.0 Å². The first-order chi connectivity index (χ1) is 7.86. The Labute approximate surface area is 94.1 Å². The zero-order valence-corrected chi connectivity index (χ0v) is 8.82. The van der Waals surface area contributed by atoms with Crippen molar-refractivity contribution >= 4 is 10.8 Å². The third-order valence-electron chi connectivity index (χ3n) is 2.36. The Hall–Kier alpha value is -2.45. The van der Waals surface area contributed by atoms with E-state index in [1.54, 1.807) is 7.11 Å². The monoisotopic (exact) mass is 207 g/mol. The van der Waals surface area contributed by atoms with E-state index in [1.807, 2.05) is 42.5 Å². The molecule has 0 bridgehead atoms. The topological polar surface area (TPSA) is 33.0 Å². The summed E-state index contributed by atoms with van der Waals surface area (Å²) in [7, 11) is 1.64. The Bertz CT molecular complexity index is 626. The van der Waals surface area contributed by atoms with Gasteiger partial charge in [0.2, 0.25) is 0 Å². The van der Waals surface area contributed by atoms with Gasteiger partial charge < -0.3 is 4.74 Å².